The first-order valence-electron chi connectivity index (χ1n) is 7.96. The molecule has 0 aliphatic heterocycles. The van der Waals surface area contributed by atoms with Crippen molar-refractivity contribution in [3.8, 4) is 0 Å². The monoisotopic (exact) mass is 357 g/mol. The maximum absolute atomic E-state index is 12.4. The van der Waals surface area contributed by atoms with E-state index in [2.05, 4.69) is 4.98 Å². The Morgan fingerprint density at radius 2 is 2.00 bits per heavy atom. The van der Waals surface area contributed by atoms with Gasteiger partial charge in [0, 0.05) is 24.9 Å². The first-order valence-corrected chi connectivity index (χ1v) is 8.84. The molecule has 0 bridgehead atoms. The maximum atomic E-state index is 12.4. The van der Waals surface area contributed by atoms with Gasteiger partial charge in [-0.25, -0.2) is 4.79 Å². The highest BCUT2D eigenvalue weighted by Gasteiger charge is 2.13. The van der Waals surface area contributed by atoms with Crippen LogP contribution in [-0.2, 0) is 17.9 Å². The van der Waals surface area contributed by atoms with E-state index in [-0.39, 0.29) is 18.9 Å². The number of aromatic nitrogens is 2. The van der Waals surface area contributed by atoms with Gasteiger partial charge in [0.05, 0.1) is 17.4 Å². The fourth-order valence-corrected chi connectivity index (χ4v) is 3.69. The van der Waals surface area contributed by atoms with Crippen molar-refractivity contribution in [2.45, 2.75) is 26.4 Å². The molecule has 1 aromatic carbocycles. The number of aryl methyl sites for hydroxylation is 2. The largest absolute Gasteiger partial charge is 0.341 e. The summed E-state index contributed by atoms with van der Waals surface area (Å²) in [6, 6.07) is 8.93. The van der Waals surface area contributed by atoms with E-state index in [0.717, 1.165) is 4.88 Å². The molecule has 0 radical (unpaired) electrons. The molecule has 6 nitrogen and oxygen atoms in total. The number of hydrogen-bond donors (Lipinski definition) is 1. The van der Waals surface area contributed by atoms with Crippen molar-refractivity contribution in [2.24, 2.45) is 0 Å². The summed E-state index contributed by atoms with van der Waals surface area (Å²) in [5.74, 6) is -0.0463. The Bertz CT molecular complexity index is 1030. The Hall–Kier alpha value is -2.67. The van der Waals surface area contributed by atoms with Gasteiger partial charge in [-0.1, -0.05) is 12.1 Å². The number of thiophene rings is 1. The van der Waals surface area contributed by atoms with Gasteiger partial charge in [0.2, 0.25) is 5.91 Å². The molecule has 0 fully saturated rings. The molecule has 2 heterocycles. The molecule has 0 atom stereocenters. The normalized spacial score (nSPS) is 11.0. The summed E-state index contributed by atoms with van der Waals surface area (Å²) < 4.78 is 1.44. The Labute approximate surface area is 148 Å². The van der Waals surface area contributed by atoms with Crippen LogP contribution in [0.4, 0.5) is 0 Å². The number of hydrogen-bond acceptors (Lipinski definition) is 4. The van der Waals surface area contributed by atoms with Crippen molar-refractivity contribution < 1.29 is 4.79 Å². The van der Waals surface area contributed by atoms with Gasteiger partial charge in [0.1, 0.15) is 0 Å². The number of amides is 1. The number of benzene rings is 1. The summed E-state index contributed by atoms with van der Waals surface area (Å²) in [7, 11) is 1.76. The number of carbonyl (C=O) groups excluding carboxylic acids is 1. The fraction of sp³-hybridized carbons (Fsp3) is 0.278. The molecule has 0 spiro atoms. The van der Waals surface area contributed by atoms with Gasteiger partial charge in [-0.2, -0.15) is 0 Å². The second-order valence-electron chi connectivity index (χ2n) is 5.95. The molecule has 1 N–H and O–H groups in total. The van der Waals surface area contributed by atoms with Crippen LogP contribution in [0.5, 0.6) is 0 Å². The van der Waals surface area contributed by atoms with Gasteiger partial charge < -0.3 is 4.90 Å². The van der Waals surface area contributed by atoms with Gasteiger partial charge in [-0.05, 0) is 36.1 Å². The molecule has 130 valence electrons. The van der Waals surface area contributed by atoms with Crippen molar-refractivity contribution in [3.63, 3.8) is 0 Å². The Balaban J connectivity index is 1.76. The Kier molecular flexibility index (Phi) is 4.85. The highest BCUT2D eigenvalue weighted by Crippen LogP contribution is 2.17. The summed E-state index contributed by atoms with van der Waals surface area (Å²) in [6.45, 7) is 2.81. The summed E-state index contributed by atoms with van der Waals surface area (Å²) in [5.41, 5.74) is 0.815. The quantitative estimate of drug-likeness (QED) is 0.760. The van der Waals surface area contributed by atoms with E-state index in [4.69, 9.17) is 0 Å². The zero-order valence-corrected chi connectivity index (χ0v) is 14.9. The van der Waals surface area contributed by atoms with E-state index in [1.807, 2.05) is 18.4 Å². The highest BCUT2D eigenvalue weighted by atomic mass is 32.1. The SMILES string of the molecule is Cc1ccsc1CN(C)C(=O)CCn1c(=O)[nH]c(=O)c2ccccc21. The lowest BCUT2D eigenvalue weighted by molar-refractivity contribution is -0.130. The van der Waals surface area contributed by atoms with Crippen LogP contribution in [0, 0.1) is 6.92 Å². The predicted octanol–water partition coefficient (Wildman–Crippen LogP) is 2.11. The van der Waals surface area contributed by atoms with Crippen molar-refractivity contribution in [2.75, 3.05) is 7.05 Å². The number of nitrogens with zero attached hydrogens (tertiary/aromatic N) is 2. The molecular formula is C18H19N3O3S. The van der Waals surface area contributed by atoms with E-state index >= 15 is 0 Å². The second-order valence-corrected chi connectivity index (χ2v) is 6.96. The first-order chi connectivity index (χ1) is 12.0. The topological polar surface area (TPSA) is 75.2 Å². The minimum absolute atomic E-state index is 0.0463. The van der Waals surface area contributed by atoms with Gasteiger partial charge in [-0.15, -0.1) is 11.3 Å². The van der Waals surface area contributed by atoms with Crippen LogP contribution in [0.15, 0.2) is 45.3 Å². The van der Waals surface area contributed by atoms with E-state index < -0.39 is 11.2 Å². The van der Waals surface area contributed by atoms with E-state index in [1.54, 1.807) is 47.5 Å². The van der Waals surface area contributed by atoms with Crippen LogP contribution < -0.4 is 11.2 Å². The van der Waals surface area contributed by atoms with Crippen LogP contribution in [0.2, 0.25) is 0 Å². The first kappa shape index (κ1) is 17.2. The van der Waals surface area contributed by atoms with E-state index in [9.17, 15) is 14.4 Å². The average Bonchev–Trinajstić information content (AvgIpc) is 2.99. The molecule has 25 heavy (non-hydrogen) atoms. The van der Waals surface area contributed by atoms with Crippen LogP contribution >= 0.6 is 11.3 Å². The number of aromatic amines is 1. The average molecular weight is 357 g/mol. The lowest BCUT2D eigenvalue weighted by atomic mass is 10.2. The van der Waals surface area contributed by atoms with Crippen molar-refractivity contribution in [3.05, 3.63) is 67.0 Å². The number of para-hydroxylation sites is 1. The van der Waals surface area contributed by atoms with Crippen LogP contribution in [0.1, 0.15) is 16.9 Å². The molecule has 0 unspecified atom stereocenters. The summed E-state index contributed by atoms with van der Waals surface area (Å²) in [4.78, 5) is 41.5. The van der Waals surface area contributed by atoms with E-state index in [1.165, 1.54) is 10.1 Å². The molecule has 1 amide bonds. The molecule has 0 aliphatic rings. The third-order valence-electron chi connectivity index (χ3n) is 4.23. The predicted molar refractivity (Wildman–Crippen MR) is 99.0 cm³/mol. The lowest BCUT2D eigenvalue weighted by Crippen LogP contribution is -2.33. The summed E-state index contributed by atoms with van der Waals surface area (Å²) in [5, 5.41) is 2.45. The summed E-state index contributed by atoms with van der Waals surface area (Å²) >= 11 is 1.63. The minimum atomic E-state index is -0.492. The standard InChI is InChI=1S/C18H19N3O3S/c1-12-8-10-25-15(12)11-20(2)16(22)7-9-21-14-6-4-3-5-13(14)17(23)19-18(21)24/h3-6,8,10H,7,9,11H2,1-2H3,(H,19,23,24). The number of rotatable bonds is 5. The van der Waals surface area contributed by atoms with Crippen molar-refractivity contribution in [1.29, 1.82) is 0 Å². The van der Waals surface area contributed by atoms with Gasteiger partial charge in [-0.3, -0.25) is 19.1 Å². The molecule has 3 aromatic rings. The van der Waals surface area contributed by atoms with Gasteiger partial charge in [0.25, 0.3) is 5.56 Å². The number of fused-ring (bicyclic) bond motifs is 1. The number of carbonyl (C=O) groups is 1. The minimum Gasteiger partial charge on any atom is -0.341 e. The molecule has 0 saturated heterocycles. The third kappa shape index (κ3) is 3.56. The zero-order chi connectivity index (χ0) is 18.0. The Morgan fingerprint density at radius 1 is 1.24 bits per heavy atom. The molecule has 7 heteroatoms. The zero-order valence-electron chi connectivity index (χ0n) is 14.1. The molecule has 3 rings (SSSR count). The third-order valence-corrected chi connectivity index (χ3v) is 5.24. The molecular weight excluding hydrogens is 338 g/mol. The van der Waals surface area contributed by atoms with Crippen molar-refractivity contribution in [1.82, 2.24) is 14.5 Å². The number of H-pyrrole nitrogens is 1. The highest BCUT2D eigenvalue weighted by molar-refractivity contribution is 7.10. The smallest absolute Gasteiger partial charge is 0.328 e. The van der Waals surface area contributed by atoms with Crippen LogP contribution in [0.25, 0.3) is 10.9 Å². The van der Waals surface area contributed by atoms with Gasteiger partial charge >= 0.3 is 5.69 Å². The fourth-order valence-electron chi connectivity index (χ4n) is 2.73. The van der Waals surface area contributed by atoms with Crippen molar-refractivity contribution >= 4 is 28.1 Å². The second kappa shape index (κ2) is 7.06. The number of nitrogens with one attached hydrogen (secondary N) is 1. The van der Waals surface area contributed by atoms with Crippen LogP contribution in [0.3, 0.4) is 0 Å². The lowest BCUT2D eigenvalue weighted by Gasteiger charge is -2.17. The van der Waals surface area contributed by atoms with Crippen LogP contribution in [-0.4, -0.2) is 27.4 Å². The molecule has 0 aliphatic carbocycles. The van der Waals surface area contributed by atoms with Gasteiger partial charge in [0.15, 0.2) is 0 Å². The maximum Gasteiger partial charge on any atom is 0.328 e. The van der Waals surface area contributed by atoms with E-state index in [0.29, 0.717) is 17.4 Å². The molecule has 0 saturated carbocycles. The Morgan fingerprint density at radius 3 is 2.72 bits per heavy atom. The molecule has 2 aromatic heterocycles. The summed E-state index contributed by atoms with van der Waals surface area (Å²) in [6.07, 6.45) is 0.191.